The molecule has 1 aliphatic heterocycles. The van der Waals surface area contributed by atoms with Crippen molar-refractivity contribution in [1.82, 2.24) is 0 Å². The van der Waals surface area contributed by atoms with Crippen molar-refractivity contribution in [2.24, 2.45) is 0 Å². The van der Waals surface area contributed by atoms with Gasteiger partial charge in [-0.15, -0.1) is 0 Å². The Balaban J connectivity index is 1.83. The van der Waals surface area contributed by atoms with E-state index in [0.717, 1.165) is 5.54 Å². The van der Waals surface area contributed by atoms with E-state index in [1.165, 1.54) is 47.4 Å². The standard InChI is InChI=1S/C19H24NSi/c1-3-21(4-2)18-12-17-11-10-16(13-19(17)20-14-18)15-8-6-5-7-9-15/h5-11,13,18,20H,3-4,12,14H2,1-2H3/t18-/m1/s1. The number of benzene rings is 2. The molecule has 21 heavy (non-hydrogen) atoms. The van der Waals surface area contributed by atoms with Gasteiger partial charge in [0.1, 0.15) is 0 Å². The molecule has 0 fully saturated rings. The molecule has 2 heteroatoms. The highest BCUT2D eigenvalue weighted by Crippen LogP contribution is 2.34. The molecular weight excluding hydrogens is 270 g/mol. The highest BCUT2D eigenvalue weighted by atomic mass is 28.3. The van der Waals surface area contributed by atoms with Gasteiger partial charge in [-0.25, -0.2) is 0 Å². The number of nitrogens with one attached hydrogen (secondary N) is 1. The zero-order chi connectivity index (χ0) is 14.7. The Kier molecular flexibility index (Phi) is 4.44. The molecule has 1 N–H and O–H groups in total. The molecule has 1 nitrogen and oxygen atoms in total. The van der Waals surface area contributed by atoms with Crippen molar-refractivity contribution in [1.29, 1.82) is 0 Å². The average molecular weight is 294 g/mol. The van der Waals surface area contributed by atoms with Crippen LogP contribution in [0.15, 0.2) is 48.5 Å². The molecule has 0 unspecified atom stereocenters. The van der Waals surface area contributed by atoms with Crippen LogP contribution in [0.2, 0.25) is 17.6 Å². The number of fused-ring (bicyclic) bond motifs is 1. The summed E-state index contributed by atoms with van der Waals surface area (Å²) in [5.41, 5.74) is 6.37. The lowest BCUT2D eigenvalue weighted by atomic mass is 9.98. The molecule has 109 valence electrons. The number of anilines is 1. The van der Waals surface area contributed by atoms with Gasteiger partial charge in [-0.3, -0.25) is 0 Å². The minimum atomic E-state index is -0.190. The zero-order valence-electron chi connectivity index (χ0n) is 13.0. The largest absolute Gasteiger partial charge is 0.385 e. The topological polar surface area (TPSA) is 12.0 Å². The summed E-state index contributed by atoms with van der Waals surface area (Å²) in [5.74, 6) is 0. The second kappa shape index (κ2) is 6.48. The predicted molar refractivity (Wildman–Crippen MR) is 94.5 cm³/mol. The highest BCUT2D eigenvalue weighted by molar-refractivity contribution is 6.60. The summed E-state index contributed by atoms with van der Waals surface area (Å²) >= 11 is 0. The van der Waals surface area contributed by atoms with Crippen LogP contribution in [0, 0.1) is 0 Å². The molecule has 0 amide bonds. The molecule has 2 aromatic carbocycles. The molecule has 1 atom stereocenters. The summed E-state index contributed by atoms with van der Waals surface area (Å²) < 4.78 is 0. The summed E-state index contributed by atoms with van der Waals surface area (Å²) in [6.45, 7) is 5.90. The number of rotatable bonds is 4. The first-order valence-corrected chi connectivity index (χ1v) is 10.1. The van der Waals surface area contributed by atoms with E-state index in [4.69, 9.17) is 0 Å². The third kappa shape index (κ3) is 3.05. The lowest BCUT2D eigenvalue weighted by Gasteiger charge is -2.31. The molecule has 0 saturated carbocycles. The van der Waals surface area contributed by atoms with Crippen LogP contribution in [0.4, 0.5) is 5.69 Å². The van der Waals surface area contributed by atoms with Crippen LogP contribution in [0.25, 0.3) is 11.1 Å². The second-order valence-electron chi connectivity index (χ2n) is 5.89. The van der Waals surface area contributed by atoms with Crippen molar-refractivity contribution >= 4 is 14.5 Å². The molecule has 0 aliphatic carbocycles. The van der Waals surface area contributed by atoms with Crippen LogP contribution in [-0.2, 0) is 6.42 Å². The molecule has 0 aromatic heterocycles. The molecule has 0 spiro atoms. The summed E-state index contributed by atoms with van der Waals surface area (Å²) in [4.78, 5) is 0. The molecule has 1 heterocycles. The molecule has 0 saturated heterocycles. The van der Waals surface area contributed by atoms with Crippen molar-refractivity contribution in [2.75, 3.05) is 11.9 Å². The monoisotopic (exact) mass is 294 g/mol. The van der Waals surface area contributed by atoms with Gasteiger partial charge in [0.05, 0.1) is 8.80 Å². The Bertz CT molecular complexity index is 590. The fourth-order valence-electron chi connectivity index (χ4n) is 3.42. The van der Waals surface area contributed by atoms with E-state index in [9.17, 15) is 0 Å². The fourth-order valence-corrected chi connectivity index (χ4v) is 5.97. The maximum atomic E-state index is 3.70. The third-order valence-electron chi connectivity index (χ3n) is 4.71. The van der Waals surface area contributed by atoms with Gasteiger partial charge in [-0.05, 0) is 34.7 Å². The Morgan fingerprint density at radius 3 is 2.48 bits per heavy atom. The van der Waals surface area contributed by atoms with Gasteiger partial charge in [0.25, 0.3) is 0 Å². The fraction of sp³-hybridized carbons (Fsp3) is 0.368. The van der Waals surface area contributed by atoms with Crippen molar-refractivity contribution in [3.63, 3.8) is 0 Å². The average Bonchev–Trinajstić information content (AvgIpc) is 2.56. The van der Waals surface area contributed by atoms with E-state index in [0.29, 0.717) is 0 Å². The minimum absolute atomic E-state index is 0.190. The van der Waals surface area contributed by atoms with Gasteiger partial charge in [0, 0.05) is 12.2 Å². The molecule has 3 rings (SSSR count). The molecule has 1 aliphatic rings. The molecule has 0 bridgehead atoms. The van der Waals surface area contributed by atoms with Crippen LogP contribution >= 0.6 is 0 Å². The minimum Gasteiger partial charge on any atom is -0.385 e. The van der Waals surface area contributed by atoms with Crippen LogP contribution in [0.5, 0.6) is 0 Å². The van der Waals surface area contributed by atoms with E-state index < -0.39 is 0 Å². The SMILES string of the molecule is CC[Si](CC)[C@H]1CNc2cc(-c3ccccc3)ccc2C1. The van der Waals surface area contributed by atoms with Gasteiger partial charge >= 0.3 is 0 Å². The first kappa shape index (κ1) is 14.4. The van der Waals surface area contributed by atoms with Gasteiger partial charge in [-0.1, -0.05) is 68.4 Å². The van der Waals surface area contributed by atoms with Gasteiger partial charge in [0.15, 0.2) is 0 Å². The zero-order valence-corrected chi connectivity index (χ0v) is 14.0. The Morgan fingerprint density at radius 1 is 1.00 bits per heavy atom. The maximum Gasteiger partial charge on any atom is 0.0530 e. The van der Waals surface area contributed by atoms with Crippen molar-refractivity contribution in [2.45, 2.75) is 37.9 Å². The predicted octanol–water partition coefficient (Wildman–Crippen LogP) is 5.23. The lowest BCUT2D eigenvalue weighted by molar-refractivity contribution is 0.796. The van der Waals surface area contributed by atoms with Crippen LogP contribution in [0.1, 0.15) is 19.4 Å². The Labute approximate surface area is 130 Å². The van der Waals surface area contributed by atoms with Crippen molar-refractivity contribution in [3.05, 3.63) is 54.1 Å². The third-order valence-corrected chi connectivity index (χ3v) is 8.09. The number of hydrogen-bond acceptors (Lipinski definition) is 1. The van der Waals surface area contributed by atoms with E-state index in [1.54, 1.807) is 0 Å². The van der Waals surface area contributed by atoms with Gasteiger partial charge in [0.2, 0.25) is 0 Å². The summed E-state index contributed by atoms with van der Waals surface area (Å²) in [7, 11) is -0.190. The van der Waals surface area contributed by atoms with Gasteiger partial charge in [-0.2, -0.15) is 0 Å². The van der Waals surface area contributed by atoms with Gasteiger partial charge < -0.3 is 5.32 Å². The lowest BCUT2D eigenvalue weighted by Crippen LogP contribution is -2.30. The summed E-state index contributed by atoms with van der Waals surface area (Å²) in [5, 5.41) is 3.70. The van der Waals surface area contributed by atoms with Crippen molar-refractivity contribution in [3.8, 4) is 11.1 Å². The first-order valence-electron chi connectivity index (χ1n) is 8.08. The first-order chi connectivity index (χ1) is 10.3. The normalized spacial score (nSPS) is 17.4. The van der Waals surface area contributed by atoms with Crippen LogP contribution < -0.4 is 5.32 Å². The van der Waals surface area contributed by atoms with E-state index in [2.05, 4.69) is 67.7 Å². The molecule has 1 radical (unpaired) electrons. The van der Waals surface area contributed by atoms with Crippen LogP contribution in [-0.4, -0.2) is 15.3 Å². The molecule has 2 aromatic rings. The number of hydrogen-bond donors (Lipinski definition) is 1. The second-order valence-corrected chi connectivity index (χ2v) is 9.43. The smallest absolute Gasteiger partial charge is 0.0530 e. The van der Waals surface area contributed by atoms with E-state index in [1.807, 2.05) is 0 Å². The van der Waals surface area contributed by atoms with Crippen molar-refractivity contribution < 1.29 is 0 Å². The summed E-state index contributed by atoms with van der Waals surface area (Å²) in [6.07, 6.45) is 1.27. The summed E-state index contributed by atoms with van der Waals surface area (Å²) in [6, 6.07) is 20.4. The Hall–Kier alpha value is -1.54. The molecular formula is C19H24NSi. The highest BCUT2D eigenvalue weighted by Gasteiger charge is 2.25. The van der Waals surface area contributed by atoms with E-state index >= 15 is 0 Å². The Morgan fingerprint density at radius 2 is 1.76 bits per heavy atom. The quantitative estimate of drug-likeness (QED) is 0.762. The van der Waals surface area contributed by atoms with Crippen LogP contribution in [0.3, 0.4) is 0 Å². The maximum absolute atomic E-state index is 3.70. The van der Waals surface area contributed by atoms with E-state index in [-0.39, 0.29) is 8.80 Å².